The number of fused-ring (bicyclic) bond motifs is 1. The van der Waals surface area contributed by atoms with E-state index >= 15 is 0 Å². The summed E-state index contributed by atoms with van der Waals surface area (Å²) in [5, 5.41) is 40.9. The Morgan fingerprint density at radius 2 is 1.55 bits per heavy atom. The number of benzene rings is 2. The van der Waals surface area contributed by atoms with Crippen molar-refractivity contribution in [3.63, 3.8) is 0 Å². The Balaban J connectivity index is 2.16. The molecule has 1 aliphatic heterocycles. The average Bonchev–Trinajstić information content (AvgIpc) is 2.66. The molecule has 1 heterocycles. The highest BCUT2D eigenvalue weighted by atomic mass is 16.5. The number of Topliss-reactive ketones (excluding diaryl/α,β-unsaturated/α-hetero) is 1. The molecule has 4 N–H and O–H groups in total. The lowest BCUT2D eigenvalue weighted by molar-refractivity contribution is 0.0843. The van der Waals surface area contributed by atoms with E-state index in [1.807, 2.05) is 39.8 Å². The van der Waals surface area contributed by atoms with Gasteiger partial charge in [-0.15, -0.1) is 0 Å². The van der Waals surface area contributed by atoms with Crippen molar-refractivity contribution in [2.24, 2.45) is 0 Å². The van der Waals surface area contributed by atoms with Crippen LogP contribution in [0.2, 0.25) is 0 Å². The van der Waals surface area contributed by atoms with E-state index in [0.29, 0.717) is 24.0 Å². The van der Waals surface area contributed by atoms with Gasteiger partial charge in [0.1, 0.15) is 28.9 Å². The fourth-order valence-corrected chi connectivity index (χ4v) is 3.73. The first-order chi connectivity index (χ1) is 14.6. The lowest BCUT2D eigenvalue weighted by Crippen LogP contribution is -2.22. The van der Waals surface area contributed by atoms with Crippen molar-refractivity contribution in [2.75, 3.05) is 0 Å². The summed E-state index contributed by atoms with van der Waals surface area (Å²) in [6.45, 7) is 7.85. The third-order valence-electron chi connectivity index (χ3n) is 5.29. The summed E-state index contributed by atoms with van der Waals surface area (Å²) in [7, 11) is 0. The number of hydrogen-bond donors (Lipinski definition) is 4. The lowest BCUT2D eigenvalue weighted by Gasteiger charge is -2.29. The van der Waals surface area contributed by atoms with Gasteiger partial charge in [0.25, 0.3) is 0 Å². The molecule has 0 radical (unpaired) electrons. The summed E-state index contributed by atoms with van der Waals surface area (Å²) in [6.07, 6.45) is 4.10. The molecule has 2 aromatic carbocycles. The lowest BCUT2D eigenvalue weighted by atomic mass is 9.87. The van der Waals surface area contributed by atoms with Crippen LogP contribution < -0.4 is 4.74 Å². The van der Waals surface area contributed by atoms with Gasteiger partial charge in [0.2, 0.25) is 0 Å². The number of allylic oxidation sites excluding steroid dienone is 4. The summed E-state index contributed by atoms with van der Waals surface area (Å²) >= 11 is 0. The number of carbonyl (C=O) groups is 1. The second kappa shape index (κ2) is 8.76. The van der Waals surface area contributed by atoms with E-state index in [-0.39, 0.29) is 46.5 Å². The molecule has 0 amide bonds. The van der Waals surface area contributed by atoms with Crippen LogP contribution in [0.5, 0.6) is 28.7 Å². The molecule has 0 saturated heterocycles. The molecule has 164 valence electrons. The summed E-state index contributed by atoms with van der Waals surface area (Å²) < 4.78 is 6.00. The largest absolute Gasteiger partial charge is 0.508 e. The van der Waals surface area contributed by atoms with Gasteiger partial charge in [0, 0.05) is 23.3 Å². The topological polar surface area (TPSA) is 107 Å². The second-order valence-electron chi connectivity index (χ2n) is 8.33. The summed E-state index contributed by atoms with van der Waals surface area (Å²) in [5.41, 5.74) is 4.14. The molecule has 0 unspecified atom stereocenters. The molecule has 3 rings (SSSR count). The highest BCUT2D eigenvalue weighted by Gasteiger charge is 2.33. The normalized spacial score (nSPS) is 15.1. The highest BCUT2D eigenvalue weighted by Crippen LogP contribution is 2.45. The van der Waals surface area contributed by atoms with Gasteiger partial charge in [0.05, 0.1) is 6.42 Å². The Labute approximate surface area is 181 Å². The van der Waals surface area contributed by atoms with E-state index in [1.165, 1.54) is 12.1 Å². The smallest absolute Gasteiger partial charge is 0.174 e. The minimum Gasteiger partial charge on any atom is -0.508 e. The number of phenols is 4. The number of rotatable bonds is 5. The van der Waals surface area contributed by atoms with Crippen molar-refractivity contribution < 1.29 is 30.0 Å². The van der Waals surface area contributed by atoms with E-state index in [4.69, 9.17) is 4.74 Å². The molecule has 0 saturated carbocycles. The van der Waals surface area contributed by atoms with Gasteiger partial charge in [0.15, 0.2) is 17.3 Å². The molecular weight excluding hydrogens is 396 g/mol. The quantitative estimate of drug-likeness (QED) is 0.387. The zero-order valence-corrected chi connectivity index (χ0v) is 18.2. The van der Waals surface area contributed by atoms with E-state index in [1.54, 1.807) is 0 Å². The zero-order valence-electron chi connectivity index (χ0n) is 18.2. The summed E-state index contributed by atoms with van der Waals surface area (Å²) in [6, 6.07) is 3.82. The molecule has 31 heavy (non-hydrogen) atoms. The van der Waals surface area contributed by atoms with Crippen molar-refractivity contribution >= 4 is 5.78 Å². The van der Waals surface area contributed by atoms with Crippen LogP contribution in [0.25, 0.3) is 0 Å². The van der Waals surface area contributed by atoms with Crippen LogP contribution in [0.3, 0.4) is 0 Å². The monoisotopic (exact) mass is 424 g/mol. The van der Waals surface area contributed by atoms with Gasteiger partial charge in [-0.05, 0) is 52.2 Å². The molecule has 2 aromatic rings. The zero-order chi connectivity index (χ0) is 22.9. The third kappa shape index (κ3) is 4.68. The van der Waals surface area contributed by atoms with Gasteiger partial charge >= 0.3 is 0 Å². The van der Waals surface area contributed by atoms with Gasteiger partial charge in [-0.25, -0.2) is 0 Å². The predicted octanol–water partition coefficient (Wildman–Crippen LogP) is 5.23. The molecular formula is C25H28O6. The minimum atomic E-state index is -0.737. The maximum Gasteiger partial charge on any atom is 0.174 e. The number of aromatic hydroxyl groups is 4. The maximum atomic E-state index is 12.8. The molecule has 1 atom stereocenters. The standard InChI is InChI=1S/C25H28O6/c1-13(2)5-7-16-17(8-6-14(3)4)25(30)21(29)11-18(16)22-12-20(28)24-19(27)9-15(26)10-23(24)31-22/h5-6,9-11,22,26-27,29-30H,7-8,12H2,1-4H3/t22-/m0/s1. The van der Waals surface area contributed by atoms with Crippen LogP contribution >= 0.6 is 0 Å². The number of phenolic OH excluding ortho intramolecular Hbond substituents is 4. The predicted molar refractivity (Wildman–Crippen MR) is 118 cm³/mol. The number of carbonyl (C=O) groups excluding carboxylic acids is 1. The Bertz CT molecular complexity index is 1090. The van der Waals surface area contributed by atoms with E-state index in [9.17, 15) is 25.2 Å². The van der Waals surface area contributed by atoms with Crippen molar-refractivity contribution in [2.45, 2.75) is 53.1 Å². The van der Waals surface area contributed by atoms with E-state index in [0.717, 1.165) is 22.8 Å². The van der Waals surface area contributed by atoms with Gasteiger partial charge in [-0.3, -0.25) is 4.79 Å². The Kier molecular flexibility index (Phi) is 6.29. The fraction of sp³-hybridized carbons (Fsp3) is 0.320. The Morgan fingerprint density at radius 1 is 0.935 bits per heavy atom. The highest BCUT2D eigenvalue weighted by molar-refractivity contribution is 6.02. The first-order valence-electron chi connectivity index (χ1n) is 10.2. The second-order valence-corrected chi connectivity index (χ2v) is 8.33. The molecule has 0 aliphatic carbocycles. The number of ether oxygens (including phenoxy) is 1. The first kappa shape index (κ1) is 22.3. The number of ketones is 1. The van der Waals surface area contributed by atoms with Gasteiger partial charge in [-0.2, -0.15) is 0 Å². The average molecular weight is 424 g/mol. The first-order valence-corrected chi connectivity index (χ1v) is 10.2. The van der Waals surface area contributed by atoms with Crippen LogP contribution in [0.4, 0.5) is 0 Å². The Morgan fingerprint density at radius 3 is 2.16 bits per heavy atom. The maximum absolute atomic E-state index is 12.8. The van der Waals surface area contributed by atoms with Crippen molar-refractivity contribution in [3.8, 4) is 28.7 Å². The number of hydrogen-bond acceptors (Lipinski definition) is 6. The van der Waals surface area contributed by atoms with Gasteiger partial charge in [-0.1, -0.05) is 23.3 Å². The molecule has 6 heteroatoms. The summed E-state index contributed by atoms with van der Waals surface area (Å²) in [4.78, 5) is 12.8. The van der Waals surface area contributed by atoms with Crippen LogP contribution in [0.1, 0.15) is 67.3 Å². The van der Waals surface area contributed by atoms with Crippen molar-refractivity contribution in [3.05, 3.63) is 63.8 Å². The fourth-order valence-electron chi connectivity index (χ4n) is 3.73. The molecule has 0 aromatic heterocycles. The van der Waals surface area contributed by atoms with E-state index < -0.39 is 6.10 Å². The molecule has 0 spiro atoms. The Hall–Kier alpha value is -3.41. The van der Waals surface area contributed by atoms with Crippen LogP contribution in [-0.4, -0.2) is 26.2 Å². The van der Waals surface area contributed by atoms with Crippen molar-refractivity contribution in [1.82, 2.24) is 0 Å². The molecule has 6 nitrogen and oxygen atoms in total. The SMILES string of the molecule is CC(C)=CCc1c([C@@H]2CC(=O)c3c(O)cc(O)cc3O2)cc(O)c(O)c1CC=C(C)C. The van der Waals surface area contributed by atoms with E-state index in [2.05, 4.69) is 0 Å². The van der Waals surface area contributed by atoms with Crippen molar-refractivity contribution in [1.29, 1.82) is 0 Å². The van der Waals surface area contributed by atoms with Crippen LogP contribution in [0, 0.1) is 0 Å². The minimum absolute atomic E-state index is 0.0349. The molecule has 1 aliphatic rings. The third-order valence-corrected chi connectivity index (χ3v) is 5.29. The molecule has 0 bridgehead atoms. The van der Waals surface area contributed by atoms with Crippen LogP contribution in [-0.2, 0) is 12.8 Å². The summed E-state index contributed by atoms with van der Waals surface area (Å²) in [5.74, 6) is -1.25. The molecule has 0 fully saturated rings. The van der Waals surface area contributed by atoms with Crippen LogP contribution in [0.15, 0.2) is 41.5 Å². The van der Waals surface area contributed by atoms with Gasteiger partial charge < -0.3 is 25.2 Å².